The number of rotatable bonds is 1. The van der Waals surface area contributed by atoms with Crippen LogP contribution in [0.2, 0.25) is 0 Å². The molecule has 2 heterocycles. The summed E-state index contributed by atoms with van der Waals surface area (Å²) >= 11 is 0. The van der Waals surface area contributed by atoms with E-state index in [-0.39, 0.29) is 0 Å². The number of carbonyl (C=O) groups is 1. The van der Waals surface area contributed by atoms with Crippen molar-refractivity contribution in [2.75, 3.05) is 6.54 Å². The summed E-state index contributed by atoms with van der Waals surface area (Å²) in [6.45, 7) is 0.684. The Kier molecular flexibility index (Phi) is 1.50. The van der Waals surface area contributed by atoms with Crippen LogP contribution in [0.25, 0.3) is 0 Å². The normalized spacial score (nSPS) is 20.2. The molecule has 0 aromatic rings. The molecule has 2 aliphatic rings. The molecule has 0 aliphatic carbocycles. The average Bonchev–Trinajstić information content (AvgIpc) is 2.47. The molecule has 2 rings (SSSR count). The van der Waals surface area contributed by atoms with Crippen LogP contribution in [0.4, 0.5) is 0 Å². The van der Waals surface area contributed by atoms with Gasteiger partial charge in [-0.1, -0.05) is 12.2 Å². The third-order valence-electron chi connectivity index (χ3n) is 2.07. The van der Waals surface area contributed by atoms with Crippen molar-refractivity contribution in [1.29, 1.82) is 0 Å². The van der Waals surface area contributed by atoms with E-state index in [0.29, 0.717) is 12.2 Å². The van der Waals surface area contributed by atoms with Crippen LogP contribution in [0, 0.1) is 0 Å². The smallest absolute Gasteiger partial charge is 0.352 e. The molecule has 0 bridgehead atoms. The van der Waals surface area contributed by atoms with Crippen molar-refractivity contribution >= 4 is 5.97 Å². The number of fused-ring (bicyclic) bond motifs is 1. The third-order valence-corrected chi connectivity index (χ3v) is 2.07. The van der Waals surface area contributed by atoms with Crippen molar-refractivity contribution in [3.8, 4) is 0 Å². The largest absolute Gasteiger partial charge is 0.477 e. The first-order chi connectivity index (χ1) is 5.79. The molecular weight excluding hydrogens is 154 g/mol. The number of aliphatic carboxylic acids is 1. The Labute approximate surface area is 70.3 Å². The molecule has 0 atom stereocenters. The van der Waals surface area contributed by atoms with E-state index < -0.39 is 5.97 Å². The molecule has 2 aliphatic heterocycles. The molecule has 12 heavy (non-hydrogen) atoms. The minimum Gasteiger partial charge on any atom is -0.477 e. The van der Waals surface area contributed by atoms with Gasteiger partial charge >= 0.3 is 5.97 Å². The molecule has 0 radical (unpaired) electrons. The second-order valence-corrected chi connectivity index (χ2v) is 2.80. The van der Waals surface area contributed by atoms with Crippen LogP contribution >= 0.6 is 0 Å². The lowest BCUT2D eigenvalue weighted by atomic mass is 10.2. The van der Waals surface area contributed by atoms with Gasteiger partial charge in [0.05, 0.1) is 0 Å². The van der Waals surface area contributed by atoms with Gasteiger partial charge in [0.25, 0.3) is 0 Å². The first-order valence-electron chi connectivity index (χ1n) is 3.86. The lowest BCUT2D eigenvalue weighted by Gasteiger charge is -2.22. The van der Waals surface area contributed by atoms with E-state index in [0.717, 1.165) is 12.1 Å². The maximum absolute atomic E-state index is 10.7. The molecule has 0 unspecified atom stereocenters. The van der Waals surface area contributed by atoms with E-state index in [4.69, 9.17) is 5.11 Å². The summed E-state index contributed by atoms with van der Waals surface area (Å²) in [5, 5.41) is 8.79. The van der Waals surface area contributed by atoms with Crippen LogP contribution in [0.1, 0.15) is 6.42 Å². The van der Waals surface area contributed by atoms with Crippen molar-refractivity contribution in [1.82, 2.24) is 4.90 Å². The molecule has 3 heteroatoms. The van der Waals surface area contributed by atoms with Crippen molar-refractivity contribution in [2.45, 2.75) is 6.42 Å². The Hall–Kier alpha value is -1.51. The fourth-order valence-corrected chi connectivity index (χ4v) is 1.50. The van der Waals surface area contributed by atoms with Gasteiger partial charge in [-0.15, -0.1) is 0 Å². The van der Waals surface area contributed by atoms with Gasteiger partial charge in [0.15, 0.2) is 0 Å². The third kappa shape index (κ3) is 0.942. The number of nitrogens with zero attached hydrogens (tertiary/aromatic N) is 1. The summed E-state index contributed by atoms with van der Waals surface area (Å²) in [4.78, 5) is 12.5. The van der Waals surface area contributed by atoms with Crippen LogP contribution < -0.4 is 0 Å². The number of carboxylic acids is 1. The van der Waals surface area contributed by atoms with Gasteiger partial charge in [0, 0.05) is 18.7 Å². The number of hydrogen-bond donors (Lipinski definition) is 1. The van der Waals surface area contributed by atoms with E-state index in [1.807, 2.05) is 23.1 Å². The van der Waals surface area contributed by atoms with Gasteiger partial charge in [0.2, 0.25) is 0 Å². The summed E-state index contributed by atoms with van der Waals surface area (Å²) in [6.07, 6.45) is 8.36. The fraction of sp³-hybridized carbons (Fsp3) is 0.222. The molecular formula is C9H9NO2. The van der Waals surface area contributed by atoms with Gasteiger partial charge in [-0.3, -0.25) is 0 Å². The second-order valence-electron chi connectivity index (χ2n) is 2.80. The van der Waals surface area contributed by atoms with Gasteiger partial charge in [-0.25, -0.2) is 4.79 Å². The van der Waals surface area contributed by atoms with E-state index in [1.165, 1.54) is 0 Å². The Morgan fingerprint density at radius 3 is 3.17 bits per heavy atom. The van der Waals surface area contributed by atoms with Crippen LogP contribution in [0.5, 0.6) is 0 Å². The maximum atomic E-state index is 10.7. The molecule has 3 nitrogen and oxygen atoms in total. The minimum atomic E-state index is -0.839. The Balaban J connectivity index is 2.28. The molecule has 0 spiro atoms. The summed E-state index contributed by atoms with van der Waals surface area (Å²) in [7, 11) is 0. The Morgan fingerprint density at radius 1 is 1.58 bits per heavy atom. The van der Waals surface area contributed by atoms with E-state index in [2.05, 4.69) is 0 Å². The van der Waals surface area contributed by atoms with Crippen molar-refractivity contribution < 1.29 is 9.90 Å². The lowest BCUT2D eigenvalue weighted by Crippen LogP contribution is -2.24. The topological polar surface area (TPSA) is 40.5 Å². The highest BCUT2D eigenvalue weighted by Gasteiger charge is 2.24. The van der Waals surface area contributed by atoms with Gasteiger partial charge in [-0.05, 0) is 12.2 Å². The molecule has 1 N–H and O–H groups in total. The highest BCUT2D eigenvalue weighted by Crippen LogP contribution is 2.26. The van der Waals surface area contributed by atoms with Crippen LogP contribution in [-0.2, 0) is 4.79 Å². The second kappa shape index (κ2) is 2.52. The monoisotopic (exact) mass is 163 g/mol. The average molecular weight is 163 g/mol. The van der Waals surface area contributed by atoms with E-state index >= 15 is 0 Å². The Morgan fingerprint density at radius 2 is 2.42 bits per heavy atom. The van der Waals surface area contributed by atoms with Gasteiger partial charge in [0.1, 0.15) is 5.70 Å². The van der Waals surface area contributed by atoms with Crippen LogP contribution in [0.3, 0.4) is 0 Å². The molecule has 0 amide bonds. The SMILES string of the molecule is O=C(O)C1=CCC2=CC=CCN21. The van der Waals surface area contributed by atoms with Crippen molar-refractivity contribution in [3.63, 3.8) is 0 Å². The summed E-state index contributed by atoms with van der Waals surface area (Å²) < 4.78 is 0. The zero-order chi connectivity index (χ0) is 8.55. The standard InChI is InChI=1S/C9H9NO2/c11-9(12)8-5-4-7-3-1-2-6-10(7)8/h1-3,5H,4,6H2,(H,11,12). The summed E-state index contributed by atoms with van der Waals surface area (Å²) in [5.74, 6) is -0.839. The van der Waals surface area contributed by atoms with Crippen LogP contribution in [0.15, 0.2) is 35.7 Å². The zero-order valence-corrected chi connectivity index (χ0v) is 6.53. The Bertz CT molecular complexity index is 312. The highest BCUT2D eigenvalue weighted by atomic mass is 16.4. The van der Waals surface area contributed by atoms with E-state index in [1.54, 1.807) is 6.08 Å². The van der Waals surface area contributed by atoms with Gasteiger partial charge < -0.3 is 10.0 Å². The molecule has 0 fully saturated rings. The molecule has 0 saturated carbocycles. The molecule has 0 saturated heterocycles. The number of hydrogen-bond acceptors (Lipinski definition) is 2. The number of carboxylic acid groups (broad SMARTS) is 1. The highest BCUT2D eigenvalue weighted by molar-refractivity contribution is 5.87. The van der Waals surface area contributed by atoms with E-state index in [9.17, 15) is 4.79 Å². The molecule has 0 aromatic carbocycles. The zero-order valence-electron chi connectivity index (χ0n) is 6.53. The van der Waals surface area contributed by atoms with Gasteiger partial charge in [-0.2, -0.15) is 0 Å². The number of allylic oxidation sites excluding steroid dienone is 3. The minimum absolute atomic E-state index is 0.408. The fourth-order valence-electron chi connectivity index (χ4n) is 1.50. The summed E-state index contributed by atoms with van der Waals surface area (Å²) in [6, 6.07) is 0. The van der Waals surface area contributed by atoms with Crippen molar-refractivity contribution in [3.05, 3.63) is 35.7 Å². The van der Waals surface area contributed by atoms with Crippen LogP contribution in [-0.4, -0.2) is 22.5 Å². The lowest BCUT2D eigenvalue weighted by molar-refractivity contribution is -0.134. The molecule has 62 valence electrons. The predicted octanol–water partition coefficient (Wildman–Crippen LogP) is 1.11. The molecule has 0 aromatic heterocycles. The first-order valence-corrected chi connectivity index (χ1v) is 3.86. The predicted molar refractivity (Wildman–Crippen MR) is 44.3 cm³/mol. The summed E-state index contributed by atoms with van der Waals surface area (Å²) in [5.41, 5.74) is 1.49. The first kappa shape index (κ1) is 7.16. The maximum Gasteiger partial charge on any atom is 0.352 e. The van der Waals surface area contributed by atoms with Crippen molar-refractivity contribution in [2.24, 2.45) is 0 Å². The quantitative estimate of drug-likeness (QED) is 0.629.